The van der Waals surface area contributed by atoms with Crippen molar-refractivity contribution in [2.24, 2.45) is 0 Å². The molecule has 0 aliphatic carbocycles. The van der Waals surface area contributed by atoms with Gasteiger partial charge in [-0.1, -0.05) is 5.16 Å². The predicted octanol–water partition coefficient (Wildman–Crippen LogP) is 1.31. The van der Waals surface area contributed by atoms with Gasteiger partial charge in [-0.05, 0) is 51.0 Å². The molecule has 2 heterocycles. The molecule has 32 heavy (non-hydrogen) atoms. The second kappa shape index (κ2) is 8.58. The topological polar surface area (TPSA) is 121 Å². The summed E-state index contributed by atoms with van der Waals surface area (Å²) in [7, 11) is -4.62. The van der Waals surface area contributed by atoms with E-state index in [1.165, 1.54) is 29.4 Å². The number of benzene rings is 1. The maximum atomic E-state index is 13.1. The van der Waals surface area contributed by atoms with Crippen molar-refractivity contribution in [2.75, 3.05) is 40.3 Å². The van der Waals surface area contributed by atoms with Gasteiger partial charge in [0.25, 0.3) is 5.91 Å². The van der Waals surface area contributed by atoms with E-state index in [1.54, 1.807) is 33.8 Å². The molecule has 12 heteroatoms. The number of aromatic nitrogens is 1. The van der Waals surface area contributed by atoms with Crippen LogP contribution < -0.4 is 0 Å². The third-order valence-corrected chi connectivity index (χ3v) is 9.80. The Labute approximate surface area is 188 Å². The number of hydrogen-bond acceptors (Lipinski definition) is 7. The molecule has 3 rings (SSSR count). The normalized spacial score (nSPS) is 16.0. The highest BCUT2D eigenvalue weighted by Crippen LogP contribution is 2.26. The minimum absolute atomic E-state index is 0.0602. The van der Waals surface area contributed by atoms with Crippen LogP contribution in [0.4, 0.5) is 0 Å². The summed E-state index contributed by atoms with van der Waals surface area (Å²) >= 11 is 0. The van der Waals surface area contributed by atoms with Gasteiger partial charge in [-0.3, -0.25) is 4.79 Å². The number of nitrogens with zero attached hydrogens (tertiary/aromatic N) is 4. The standard InChI is InChI=1S/C20H28N4O6S2/c1-13-11-17(12-18(14(13)2)31(26,27)22(5)6)20(25)23-7-9-24(10-8-23)32(28,29)19-15(3)21-30-16(19)4/h11-12H,7-10H2,1-6H3. The molecule has 0 saturated carbocycles. The summed E-state index contributed by atoms with van der Waals surface area (Å²) in [5, 5.41) is 3.72. The quantitative estimate of drug-likeness (QED) is 0.627. The van der Waals surface area contributed by atoms with Gasteiger partial charge < -0.3 is 9.42 Å². The molecule has 176 valence electrons. The zero-order valence-electron chi connectivity index (χ0n) is 19.0. The van der Waals surface area contributed by atoms with Gasteiger partial charge >= 0.3 is 0 Å². The van der Waals surface area contributed by atoms with Crippen molar-refractivity contribution in [3.05, 3.63) is 40.3 Å². The molecule has 1 aliphatic rings. The predicted molar refractivity (Wildman–Crippen MR) is 117 cm³/mol. The van der Waals surface area contributed by atoms with Crippen LogP contribution in [0.1, 0.15) is 32.9 Å². The molecular weight excluding hydrogens is 456 g/mol. The highest BCUT2D eigenvalue weighted by molar-refractivity contribution is 7.89. The van der Waals surface area contributed by atoms with E-state index in [4.69, 9.17) is 4.52 Å². The first-order valence-corrected chi connectivity index (χ1v) is 12.9. The highest BCUT2D eigenvalue weighted by Gasteiger charge is 2.34. The van der Waals surface area contributed by atoms with Crippen molar-refractivity contribution in [2.45, 2.75) is 37.5 Å². The van der Waals surface area contributed by atoms with E-state index in [9.17, 15) is 21.6 Å². The number of hydrogen-bond donors (Lipinski definition) is 0. The molecule has 0 bridgehead atoms. The Morgan fingerprint density at radius 1 is 1.00 bits per heavy atom. The summed E-state index contributed by atoms with van der Waals surface area (Å²) in [5.41, 5.74) is 1.84. The van der Waals surface area contributed by atoms with Gasteiger partial charge in [0.1, 0.15) is 10.6 Å². The van der Waals surface area contributed by atoms with Crippen molar-refractivity contribution in [3.63, 3.8) is 0 Å². The number of aryl methyl sites for hydroxylation is 3. The van der Waals surface area contributed by atoms with E-state index in [-0.39, 0.29) is 53.2 Å². The van der Waals surface area contributed by atoms with E-state index in [1.807, 2.05) is 0 Å². The van der Waals surface area contributed by atoms with Crippen molar-refractivity contribution in [3.8, 4) is 0 Å². The van der Waals surface area contributed by atoms with Crippen LogP contribution in [0.25, 0.3) is 0 Å². The molecule has 1 aromatic carbocycles. The molecule has 0 N–H and O–H groups in total. The van der Waals surface area contributed by atoms with Crippen LogP contribution in [0.3, 0.4) is 0 Å². The Kier molecular flexibility index (Phi) is 6.53. The largest absolute Gasteiger partial charge is 0.360 e. The SMILES string of the molecule is Cc1cc(C(=O)N2CCN(S(=O)(=O)c3c(C)noc3C)CC2)cc(S(=O)(=O)N(C)C)c1C. The monoisotopic (exact) mass is 484 g/mol. The third kappa shape index (κ3) is 4.19. The lowest BCUT2D eigenvalue weighted by molar-refractivity contribution is 0.0697. The Hall–Kier alpha value is -2.28. The Morgan fingerprint density at radius 2 is 1.59 bits per heavy atom. The molecule has 1 aliphatic heterocycles. The average Bonchev–Trinajstić information content (AvgIpc) is 3.08. The lowest BCUT2D eigenvalue weighted by Crippen LogP contribution is -2.50. The van der Waals surface area contributed by atoms with Gasteiger partial charge in [-0.25, -0.2) is 21.1 Å². The van der Waals surface area contributed by atoms with Crippen LogP contribution in [-0.2, 0) is 20.0 Å². The average molecular weight is 485 g/mol. The minimum atomic E-state index is -3.79. The smallest absolute Gasteiger partial charge is 0.253 e. The van der Waals surface area contributed by atoms with Crippen LogP contribution in [0.15, 0.2) is 26.4 Å². The third-order valence-electron chi connectivity index (χ3n) is 5.72. The van der Waals surface area contributed by atoms with Gasteiger partial charge in [0.2, 0.25) is 20.0 Å². The Morgan fingerprint density at radius 3 is 2.09 bits per heavy atom. The zero-order valence-corrected chi connectivity index (χ0v) is 20.7. The van der Waals surface area contributed by atoms with Crippen LogP contribution in [-0.4, -0.2) is 81.7 Å². The second-order valence-electron chi connectivity index (χ2n) is 8.05. The molecule has 1 aromatic heterocycles. The number of carbonyl (C=O) groups is 1. The highest BCUT2D eigenvalue weighted by atomic mass is 32.2. The van der Waals surface area contributed by atoms with Gasteiger partial charge in [0.05, 0.1) is 4.90 Å². The van der Waals surface area contributed by atoms with Crippen LogP contribution in [0, 0.1) is 27.7 Å². The molecule has 0 atom stereocenters. The molecule has 1 fully saturated rings. The summed E-state index contributed by atoms with van der Waals surface area (Å²) in [4.78, 5) is 14.8. The van der Waals surface area contributed by atoms with Gasteiger partial charge in [-0.15, -0.1) is 0 Å². The molecule has 0 unspecified atom stereocenters. The van der Waals surface area contributed by atoms with Crippen molar-refractivity contribution >= 4 is 26.0 Å². The van der Waals surface area contributed by atoms with E-state index < -0.39 is 20.0 Å². The molecule has 1 amide bonds. The summed E-state index contributed by atoms with van der Waals surface area (Å²) in [6.45, 7) is 7.19. The number of carbonyl (C=O) groups excluding carboxylic acids is 1. The summed E-state index contributed by atoms with van der Waals surface area (Å²) < 4.78 is 58.8. The zero-order chi connectivity index (χ0) is 24.0. The summed E-state index contributed by atoms with van der Waals surface area (Å²) in [6, 6.07) is 3.06. The number of rotatable bonds is 5. The maximum absolute atomic E-state index is 13.1. The lowest BCUT2D eigenvalue weighted by atomic mass is 10.1. The number of sulfonamides is 2. The fourth-order valence-electron chi connectivity index (χ4n) is 3.70. The molecule has 2 aromatic rings. The maximum Gasteiger partial charge on any atom is 0.253 e. The fraction of sp³-hybridized carbons (Fsp3) is 0.500. The van der Waals surface area contributed by atoms with E-state index >= 15 is 0 Å². The van der Waals surface area contributed by atoms with Crippen molar-refractivity contribution < 1.29 is 26.2 Å². The van der Waals surface area contributed by atoms with Gasteiger partial charge in [0, 0.05) is 45.8 Å². The van der Waals surface area contributed by atoms with Crippen LogP contribution in [0.5, 0.6) is 0 Å². The van der Waals surface area contributed by atoms with E-state index in [0.29, 0.717) is 16.8 Å². The first kappa shape index (κ1) is 24.4. The summed E-state index contributed by atoms with van der Waals surface area (Å²) in [5.74, 6) is -0.108. The van der Waals surface area contributed by atoms with E-state index in [0.717, 1.165) is 4.31 Å². The molecule has 0 radical (unpaired) electrons. The van der Waals surface area contributed by atoms with Crippen LogP contribution >= 0.6 is 0 Å². The first-order chi connectivity index (χ1) is 14.8. The minimum Gasteiger partial charge on any atom is -0.360 e. The van der Waals surface area contributed by atoms with Crippen LogP contribution in [0.2, 0.25) is 0 Å². The molecule has 0 spiro atoms. The number of amides is 1. The molecule has 10 nitrogen and oxygen atoms in total. The number of piperazine rings is 1. The van der Waals surface area contributed by atoms with Gasteiger partial charge in [0.15, 0.2) is 5.76 Å². The molecular formula is C20H28N4O6S2. The molecule has 1 saturated heterocycles. The van der Waals surface area contributed by atoms with E-state index in [2.05, 4.69) is 5.16 Å². The lowest BCUT2D eigenvalue weighted by Gasteiger charge is -2.34. The summed E-state index contributed by atoms with van der Waals surface area (Å²) in [6.07, 6.45) is 0. The Bertz CT molecular complexity index is 1240. The van der Waals surface area contributed by atoms with Gasteiger partial charge in [-0.2, -0.15) is 4.31 Å². The van der Waals surface area contributed by atoms with Crippen molar-refractivity contribution in [1.29, 1.82) is 0 Å². The Balaban J connectivity index is 1.83. The van der Waals surface area contributed by atoms with Crippen molar-refractivity contribution in [1.82, 2.24) is 18.7 Å². The first-order valence-electron chi connectivity index (χ1n) is 10.0. The fourth-order valence-corrected chi connectivity index (χ4v) is 6.63. The second-order valence-corrected chi connectivity index (χ2v) is 12.0.